The number of aliphatic imine (C=N–C) groups is 1. The molecule has 3 rings (SSSR count). The van der Waals surface area contributed by atoms with Gasteiger partial charge in [-0.1, -0.05) is 48.5 Å². The summed E-state index contributed by atoms with van der Waals surface area (Å²) in [6.45, 7) is 2.09. The van der Waals surface area contributed by atoms with Crippen LogP contribution < -0.4 is 0 Å². The molecule has 0 N–H and O–H groups in total. The lowest BCUT2D eigenvalue weighted by Gasteiger charge is -2.02. The van der Waals surface area contributed by atoms with Crippen LogP contribution in [-0.2, 0) is 0 Å². The van der Waals surface area contributed by atoms with Gasteiger partial charge in [0.15, 0.2) is 0 Å². The van der Waals surface area contributed by atoms with E-state index in [9.17, 15) is 0 Å². The zero-order valence-electron chi connectivity index (χ0n) is 11.8. The maximum Gasteiger partial charge on any atom is 0.0847 e. The van der Waals surface area contributed by atoms with Crippen molar-refractivity contribution in [1.82, 2.24) is 0 Å². The van der Waals surface area contributed by atoms with E-state index in [-0.39, 0.29) is 0 Å². The van der Waals surface area contributed by atoms with Crippen LogP contribution in [0.4, 0.5) is 5.69 Å². The first-order valence-corrected chi connectivity index (χ1v) is 6.34. The third-order valence-electron chi connectivity index (χ3n) is 3.17. The topological polar surface area (TPSA) is 12.4 Å². The predicted molar refractivity (Wildman–Crippen MR) is 82.4 cm³/mol. The molecular formula is C18H15N. The SMILES string of the molecule is [2H]C(=Nc1ccccc1)c1ccc2cccc(C)c2c1. The fourth-order valence-electron chi connectivity index (χ4n) is 2.13. The number of para-hydroxylation sites is 1. The van der Waals surface area contributed by atoms with Gasteiger partial charge < -0.3 is 0 Å². The van der Waals surface area contributed by atoms with Gasteiger partial charge in [0.1, 0.15) is 0 Å². The fourth-order valence-corrected chi connectivity index (χ4v) is 2.13. The summed E-state index contributed by atoms with van der Waals surface area (Å²) in [6.07, 6.45) is 0.293. The minimum atomic E-state index is 0.293. The minimum absolute atomic E-state index is 0.293. The molecular weight excluding hydrogens is 230 g/mol. The first-order valence-electron chi connectivity index (χ1n) is 6.84. The van der Waals surface area contributed by atoms with Gasteiger partial charge in [-0.25, -0.2) is 0 Å². The molecule has 0 unspecified atom stereocenters. The van der Waals surface area contributed by atoms with Crippen molar-refractivity contribution in [2.45, 2.75) is 6.92 Å². The predicted octanol–water partition coefficient (Wildman–Crippen LogP) is 4.90. The third-order valence-corrected chi connectivity index (χ3v) is 3.17. The quantitative estimate of drug-likeness (QED) is 0.570. The Balaban J connectivity index is 2.06. The maximum atomic E-state index is 8.15. The maximum absolute atomic E-state index is 8.15. The Morgan fingerprint density at radius 1 is 0.947 bits per heavy atom. The van der Waals surface area contributed by atoms with Crippen LogP contribution in [0.15, 0.2) is 71.7 Å². The Bertz CT molecular complexity index is 776. The molecule has 0 fully saturated rings. The van der Waals surface area contributed by atoms with Crippen LogP contribution in [0, 0.1) is 6.92 Å². The minimum Gasteiger partial charge on any atom is -0.256 e. The van der Waals surface area contributed by atoms with Gasteiger partial charge in [-0.2, -0.15) is 0 Å². The van der Waals surface area contributed by atoms with E-state index in [4.69, 9.17) is 1.37 Å². The highest BCUT2D eigenvalue weighted by Crippen LogP contribution is 2.19. The van der Waals surface area contributed by atoms with Gasteiger partial charge in [0.25, 0.3) is 0 Å². The molecule has 3 aromatic rings. The van der Waals surface area contributed by atoms with Gasteiger partial charge >= 0.3 is 0 Å². The van der Waals surface area contributed by atoms with E-state index in [2.05, 4.69) is 30.1 Å². The van der Waals surface area contributed by atoms with Gasteiger partial charge in [0.2, 0.25) is 0 Å². The molecule has 0 aliphatic heterocycles. The van der Waals surface area contributed by atoms with Crippen molar-refractivity contribution >= 4 is 22.7 Å². The van der Waals surface area contributed by atoms with Crippen LogP contribution in [0.5, 0.6) is 0 Å². The van der Waals surface area contributed by atoms with Crippen molar-refractivity contribution in [3.63, 3.8) is 0 Å². The fraction of sp³-hybridized carbons (Fsp3) is 0.0556. The molecule has 0 aliphatic rings. The normalized spacial score (nSPS) is 12.5. The number of nitrogens with zero attached hydrogens (tertiary/aromatic N) is 1. The van der Waals surface area contributed by atoms with Crippen molar-refractivity contribution in [2.24, 2.45) is 4.99 Å². The lowest BCUT2D eigenvalue weighted by atomic mass is 10.0. The summed E-state index contributed by atoms with van der Waals surface area (Å²) < 4.78 is 8.15. The van der Waals surface area contributed by atoms with E-state index in [1.54, 1.807) is 0 Å². The van der Waals surface area contributed by atoms with Crippen molar-refractivity contribution < 1.29 is 1.37 Å². The first-order chi connectivity index (χ1) is 9.74. The molecule has 92 valence electrons. The Hall–Kier alpha value is -2.41. The van der Waals surface area contributed by atoms with Crippen molar-refractivity contribution in [2.75, 3.05) is 0 Å². The number of aryl methyl sites for hydroxylation is 1. The molecule has 0 spiro atoms. The van der Waals surface area contributed by atoms with Gasteiger partial charge in [-0.15, -0.1) is 0 Å². The Morgan fingerprint density at radius 3 is 2.63 bits per heavy atom. The van der Waals surface area contributed by atoms with Gasteiger partial charge in [0.05, 0.1) is 7.06 Å². The summed E-state index contributed by atoms with van der Waals surface area (Å²) >= 11 is 0. The molecule has 19 heavy (non-hydrogen) atoms. The van der Waals surface area contributed by atoms with Crippen LogP contribution in [0.25, 0.3) is 10.8 Å². The lowest BCUT2D eigenvalue weighted by Crippen LogP contribution is -1.83. The number of hydrogen-bond acceptors (Lipinski definition) is 1. The Labute approximate surface area is 114 Å². The summed E-state index contributed by atoms with van der Waals surface area (Å²) in [5, 5.41) is 2.37. The Morgan fingerprint density at radius 2 is 1.79 bits per heavy atom. The second-order valence-electron chi connectivity index (χ2n) is 4.57. The van der Waals surface area contributed by atoms with Gasteiger partial charge in [0, 0.05) is 6.19 Å². The van der Waals surface area contributed by atoms with Crippen LogP contribution in [0.3, 0.4) is 0 Å². The molecule has 0 heterocycles. The van der Waals surface area contributed by atoms with Crippen LogP contribution in [-0.4, -0.2) is 6.19 Å². The van der Waals surface area contributed by atoms with E-state index >= 15 is 0 Å². The lowest BCUT2D eigenvalue weighted by molar-refractivity contribution is 1.51. The van der Waals surface area contributed by atoms with Crippen molar-refractivity contribution in [1.29, 1.82) is 0 Å². The molecule has 0 radical (unpaired) electrons. The number of fused-ring (bicyclic) bond motifs is 1. The summed E-state index contributed by atoms with van der Waals surface area (Å²) in [7, 11) is 0. The van der Waals surface area contributed by atoms with Crippen molar-refractivity contribution in [3.05, 3.63) is 77.9 Å². The summed E-state index contributed by atoms with van der Waals surface area (Å²) in [5.41, 5.74) is 2.87. The molecule has 0 bridgehead atoms. The third kappa shape index (κ3) is 2.55. The standard InChI is InChI=1S/C18H15N/c1-14-6-5-7-16-11-10-15(12-18(14)16)13-19-17-8-3-2-4-9-17/h2-13H,1H3/i13D. The van der Waals surface area contributed by atoms with E-state index < -0.39 is 0 Å². The highest BCUT2D eigenvalue weighted by atomic mass is 14.7. The van der Waals surface area contributed by atoms with Gasteiger partial charge in [-0.05, 0) is 47.0 Å². The molecule has 1 nitrogen and oxygen atoms in total. The van der Waals surface area contributed by atoms with E-state index in [1.807, 2.05) is 48.5 Å². The second-order valence-corrected chi connectivity index (χ2v) is 4.57. The summed E-state index contributed by atoms with van der Waals surface area (Å²) in [6, 6.07) is 21.9. The zero-order valence-corrected chi connectivity index (χ0v) is 10.8. The number of benzene rings is 3. The molecule has 0 aromatic heterocycles. The second kappa shape index (κ2) is 5.07. The average Bonchev–Trinajstić information content (AvgIpc) is 2.48. The average molecular weight is 246 g/mol. The zero-order chi connectivity index (χ0) is 13.9. The van der Waals surface area contributed by atoms with E-state index in [0.29, 0.717) is 6.19 Å². The van der Waals surface area contributed by atoms with Crippen LogP contribution in [0.2, 0.25) is 0 Å². The summed E-state index contributed by atoms with van der Waals surface area (Å²) in [4.78, 5) is 4.35. The van der Waals surface area contributed by atoms with Gasteiger partial charge in [-0.3, -0.25) is 4.99 Å². The molecule has 0 aliphatic carbocycles. The first kappa shape index (κ1) is 10.5. The summed E-state index contributed by atoms with van der Waals surface area (Å²) in [5.74, 6) is 0. The van der Waals surface area contributed by atoms with E-state index in [1.165, 1.54) is 16.3 Å². The molecule has 0 atom stereocenters. The molecule has 1 heteroatoms. The van der Waals surface area contributed by atoms with Crippen LogP contribution >= 0.6 is 0 Å². The van der Waals surface area contributed by atoms with Crippen molar-refractivity contribution in [3.8, 4) is 0 Å². The molecule has 0 saturated carbocycles. The highest BCUT2D eigenvalue weighted by Gasteiger charge is 1.97. The van der Waals surface area contributed by atoms with E-state index in [0.717, 1.165) is 11.3 Å². The monoisotopic (exact) mass is 246 g/mol. The number of rotatable bonds is 2. The molecule has 0 amide bonds. The largest absolute Gasteiger partial charge is 0.256 e. The molecule has 0 saturated heterocycles. The number of hydrogen-bond donors (Lipinski definition) is 0. The smallest absolute Gasteiger partial charge is 0.0847 e. The molecule has 3 aromatic carbocycles. The van der Waals surface area contributed by atoms with Crippen LogP contribution in [0.1, 0.15) is 12.5 Å². The highest BCUT2D eigenvalue weighted by molar-refractivity contribution is 5.92. The Kier molecular flexibility index (Phi) is 2.80.